The number of halogens is 2. The second-order valence-electron chi connectivity index (χ2n) is 4.43. The standard InChI is InChI=1S/C16H15O3.2ClH.Zr/c1-17-12-5-6-13-11(9-12)8-10-4-7-14(18-2)16(19-3)15(10)13;;;/h4-9H,1-3H3;2*1H;/q;;;+2/p-2. The van der Waals surface area contributed by atoms with E-state index >= 15 is 0 Å². The molecule has 2 aromatic rings. The fourth-order valence-electron chi connectivity index (χ4n) is 2.52. The van der Waals surface area contributed by atoms with E-state index in [1.807, 2.05) is 24.3 Å². The maximum atomic E-state index is 5.52. The van der Waals surface area contributed by atoms with Gasteiger partial charge in [-0.3, -0.25) is 0 Å². The van der Waals surface area contributed by atoms with Crippen molar-refractivity contribution in [3.8, 4) is 28.4 Å². The van der Waals surface area contributed by atoms with Crippen molar-refractivity contribution in [3.63, 3.8) is 0 Å². The number of benzene rings is 2. The van der Waals surface area contributed by atoms with E-state index in [2.05, 4.69) is 12.5 Å². The molecule has 0 amide bonds. The van der Waals surface area contributed by atoms with Crippen LogP contribution in [0.5, 0.6) is 17.2 Å². The maximum absolute atomic E-state index is 5.52. The van der Waals surface area contributed by atoms with Gasteiger partial charge in [-0.1, -0.05) is 12.1 Å². The molecule has 0 saturated carbocycles. The van der Waals surface area contributed by atoms with E-state index in [4.69, 9.17) is 31.2 Å². The van der Waals surface area contributed by atoms with Gasteiger partial charge in [0.25, 0.3) is 0 Å². The summed E-state index contributed by atoms with van der Waals surface area (Å²) in [5.74, 6) is 2.38. The number of hydrogen-bond donors (Lipinski definition) is 0. The summed E-state index contributed by atoms with van der Waals surface area (Å²) in [5, 5.41) is 0. The average molecular weight is 417 g/mol. The number of hydrogen-bond acceptors (Lipinski definition) is 3. The van der Waals surface area contributed by atoms with Crippen LogP contribution in [0.25, 0.3) is 11.1 Å². The van der Waals surface area contributed by atoms with Gasteiger partial charge in [-0.05, 0) is 34.9 Å². The van der Waals surface area contributed by atoms with Crippen LogP contribution >= 0.6 is 17.0 Å². The van der Waals surface area contributed by atoms with E-state index in [0.29, 0.717) is 0 Å². The summed E-state index contributed by atoms with van der Waals surface area (Å²) < 4.78 is 16.1. The Morgan fingerprint density at radius 3 is 2.18 bits per heavy atom. The van der Waals surface area contributed by atoms with E-state index in [1.165, 1.54) is 0 Å². The quantitative estimate of drug-likeness (QED) is 0.620. The molecule has 1 radical (unpaired) electrons. The Kier molecular flexibility index (Phi) is 6.61. The number of rotatable bonds is 3. The Morgan fingerprint density at radius 1 is 0.864 bits per heavy atom. The van der Waals surface area contributed by atoms with Crippen molar-refractivity contribution in [2.75, 3.05) is 21.3 Å². The molecule has 6 heteroatoms. The van der Waals surface area contributed by atoms with Gasteiger partial charge in [0.1, 0.15) is 5.75 Å². The molecular weight excluding hydrogens is 402 g/mol. The summed E-state index contributed by atoms with van der Waals surface area (Å²) in [5.41, 5.74) is 4.51. The van der Waals surface area contributed by atoms with Crippen LogP contribution in [0.3, 0.4) is 0 Å². The third kappa shape index (κ3) is 3.45. The van der Waals surface area contributed by atoms with E-state index in [9.17, 15) is 0 Å². The molecule has 0 fully saturated rings. The summed E-state index contributed by atoms with van der Waals surface area (Å²) in [6, 6.07) is 10.0. The third-order valence-electron chi connectivity index (χ3n) is 3.42. The first-order valence-electron chi connectivity index (χ1n) is 6.44. The van der Waals surface area contributed by atoms with Gasteiger partial charge in [0.15, 0.2) is 11.5 Å². The van der Waals surface area contributed by atoms with Crippen molar-refractivity contribution in [3.05, 3.63) is 47.9 Å². The van der Waals surface area contributed by atoms with Crippen LogP contribution in [0.1, 0.15) is 11.1 Å². The van der Waals surface area contributed by atoms with Crippen molar-refractivity contribution < 1.29 is 35.1 Å². The fraction of sp³-hybridized carbons (Fsp3) is 0.188. The molecule has 0 atom stereocenters. The van der Waals surface area contributed by atoms with Crippen molar-refractivity contribution in [2.24, 2.45) is 0 Å². The van der Waals surface area contributed by atoms with Crippen molar-refractivity contribution >= 4 is 17.0 Å². The third-order valence-corrected chi connectivity index (χ3v) is 3.42. The summed E-state index contributed by atoms with van der Waals surface area (Å²) in [6.45, 7) is 0. The minimum absolute atomic E-state index is 0.748. The summed E-state index contributed by atoms with van der Waals surface area (Å²) >= 11 is -0.826. The zero-order chi connectivity index (χ0) is 16.1. The summed E-state index contributed by atoms with van der Waals surface area (Å²) in [4.78, 5) is 0. The molecular formula is C16H15Cl2O3Zr. The zero-order valence-corrected chi connectivity index (χ0v) is 16.4. The molecule has 115 valence electrons. The molecule has 0 bridgehead atoms. The molecule has 22 heavy (non-hydrogen) atoms. The Bertz CT molecular complexity index is 662. The van der Waals surface area contributed by atoms with Crippen LogP contribution in [-0.2, 0) is 20.8 Å². The van der Waals surface area contributed by atoms with E-state index in [0.717, 1.165) is 39.5 Å². The molecule has 3 rings (SSSR count). The van der Waals surface area contributed by atoms with Gasteiger partial charge in [0, 0.05) is 12.0 Å². The molecule has 0 spiro atoms. The number of methoxy groups -OCH3 is 3. The van der Waals surface area contributed by atoms with Crippen LogP contribution in [0, 0.1) is 6.42 Å². The van der Waals surface area contributed by atoms with Crippen LogP contribution < -0.4 is 14.2 Å². The normalized spacial score (nSPS) is 10.8. The minimum atomic E-state index is -0.826. The summed E-state index contributed by atoms with van der Waals surface area (Å²) in [6.07, 6.45) is 2.13. The topological polar surface area (TPSA) is 27.7 Å². The summed E-state index contributed by atoms with van der Waals surface area (Å²) in [7, 11) is 14.9. The van der Waals surface area contributed by atoms with Crippen LogP contribution in [-0.4, -0.2) is 21.3 Å². The molecule has 0 N–H and O–H groups in total. The Balaban J connectivity index is 0.000000545. The molecule has 0 aliphatic heterocycles. The van der Waals surface area contributed by atoms with Crippen molar-refractivity contribution in [2.45, 2.75) is 0 Å². The molecule has 2 aromatic carbocycles. The Morgan fingerprint density at radius 2 is 1.59 bits per heavy atom. The Labute approximate surface area is 149 Å². The molecule has 0 heterocycles. The SMILES string of the molecule is COc1ccc2c(c1)[CH]c1ccc(OC)c(OC)c1-2.[Cl][Zr][Cl]. The first-order chi connectivity index (χ1) is 10.7. The average Bonchev–Trinajstić information content (AvgIpc) is 2.92. The zero-order valence-electron chi connectivity index (χ0n) is 12.4. The van der Waals surface area contributed by atoms with E-state index in [-0.39, 0.29) is 0 Å². The molecule has 3 nitrogen and oxygen atoms in total. The Hall–Kier alpha value is -0.697. The molecule has 1 aliphatic carbocycles. The van der Waals surface area contributed by atoms with E-state index < -0.39 is 20.8 Å². The van der Waals surface area contributed by atoms with Gasteiger partial charge in [-0.25, -0.2) is 0 Å². The van der Waals surface area contributed by atoms with Crippen LogP contribution in [0.2, 0.25) is 0 Å². The second kappa shape index (κ2) is 8.24. The van der Waals surface area contributed by atoms with Crippen LogP contribution in [0.15, 0.2) is 30.3 Å². The van der Waals surface area contributed by atoms with Gasteiger partial charge in [-0.2, -0.15) is 0 Å². The molecule has 0 saturated heterocycles. The fourth-order valence-corrected chi connectivity index (χ4v) is 2.52. The first-order valence-corrected chi connectivity index (χ1v) is 12.8. The monoisotopic (exact) mass is 415 g/mol. The predicted molar refractivity (Wildman–Crippen MR) is 85.7 cm³/mol. The van der Waals surface area contributed by atoms with Gasteiger partial charge in [0.2, 0.25) is 0 Å². The van der Waals surface area contributed by atoms with Gasteiger partial charge < -0.3 is 14.2 Å². The van der Waals surface area contributed by atoms with E-state index in [1.54, 1.807) is 21.3 Å². The first kappa shape index (κ1) is 17.7. The molecule has 0 aromatic heterocycles. The predicted octanol–water partition coefficient (Wildman–Crippen LogP) is 4.67. The second-order valence-corrected chi connectivity index (χ2v) is 8.17. The van der Waals surface area contributed by atoms with Crippen molar-refractivity contribution in [1.29, 1.82) is 0 Å². The number of fused-ring (bicyclic) bond motifs is 3. The van der Waals surface area contributed by atoms with Crippen molar-refractivity contribution in [1.82, 2.24) is 0 Å². The van der Waals surface area contributed by atoms with Crippen LogP contribution in [0.4, 0.5) is 0 Å². The van der Waals surface area contributed by atoms with Gasteiger partial charge in [-0.15, -0.1) is 0 Å². The molecule has 0 unspecified atom stereocenters. The van der Waals surface area contributed by atoms with Gasteiger partial charge in [0.05, 0.1) is 21.3 Å². The number of ether oxygens (including phenoxy) is 3. The molecule has 1 aliphatic rings. The van der Waals surface area contributed by atoms with Gasteiger partial charge >= 0.3 is 37.9 Å².